The Labute approximate surface area is 227 Å². The van der Waals surface area contributed by atoms with Gasteiger partial charge in [-0.1, -0.05) is 18.2 Å². The minimum Gasteiger partial charge on any atom is -0.493 e. The Bertz CT molecular complexity index is 1450. The Morgan fingerprint density at radius 3 is 2.64 bits per heavy atom. The van der Waals surface area contributed by atoms with Crippen LogP contribution >= 0.6 is 0 Å². The lowest BCUT2D eigenvalue weighted by molar-refractivity contribution is -0.160. The van der Waals surface area contributed by atoms with Gasteiger partial charge in [-0.2, -0.15) is 0 Å². The first-order chi connectivity index (χ1) is 18.5. The molecule has 0 saturated heterocycles. The van der Waals surface area contributed by atoms with E-state index >= 15 is 0 Å². The van der Waals surface area contributed by atoms with Crippen LogP contribution < -0.4 is 9.64 Å². The summed E-state index contributed by atoms with van der Waals surface area (Å²) in [5.41, 5.74) is 5.33. The summed E-state index contributed by atoms with van der Waals surface area (Å²) in [5, 5.41) is 10.3. The van der Waals surface area contributed by atoms with Gasteiger partial charge in [0.25, 0.3) is 0 Å². The minimum atomic E-state index is -1.24. The maximum Gasteiger partial charge on any atom is 0.337 e. The Morgan fingerprint density at radius 2 is 1.92 bits per heavy atom. The van der Waals surface area contributed by atoms with Crippen LogP contribution in [0.5, 0.6) is 5.75 Å². The fraction of sp³-hybridized carbons (Fsp3) is 0.419. The van der Waals surface area contributed by atoms with Crippen molar-refractivity contribution in [3.8, 4) is 16.9 Å². The quantitative estimate of drug-likeness (QED) is 0.389. The lowest BCUT2D eigenvalue weighted by atomic mass is 9.85. The van der Waals surface area contributed by atoms with E-state index in [0.29, 0.717) is 36.6 Å². The highest BCUT2D eigenvalue weighted by atomic mass is 19.2. The van der Waals surface area contributed by atoms with Crippen molar-refractivity contribution in [2.45, 2.75) is 72.1 Å². The average molecular weight is 537 g/mol. The smallest absolute Gasteiger partial charge is 0.337 e. The second-order valence-electron chi connectivity index (χ2n) is 11.3. The van der Waals surface area contributed by atoms with Crippen molar-refractivity contribution in [3.05, 3.63) is 75.5 Å². The number of halogens is 2. The van der Waals surface area contributed by atoms with E-state index in [1.54, 1.807) is 13.0 Å². The Hall–Kier alpha value is -3.52. The molecule has 1 unspecified atom stereocenters. The lowest BCUT2D eigenvalue weighted by Gasteiger charge is -2.30. The van der Waals surface area contributed by atoms with Crippen LogP contribution in [0.1, 0.15) is 66.8 Å². The fourth-order valence-corrected chi connectivity index (χ4v) is 5.72. The van der Waals surface area contributed by atoms with Gasteiger partial charge in [0.2, 0.25) is 0 Å². The number of anilines is 1. The van der Waals surface area contributed by atoms with E-state index in [-0.39, 0.29) is 12.1 Å². The first kappa shape index (κ1) is 27.1. The Balaban J connectivity index is 1.72. The molecule has 0 radical (unpaired) electrons. The van der Waals surface area contributed by atoms with E-state index in [9.17, 15) is 18.7 Å². The third-order valence-electron chi connectivity index (χ3n) is 7.44. The normalized spacial score (nSPS) is 15.5. The molecule has 2 aliphatic rings. The number of rotatable bonds is 6. The summed E-state index contributed by atoms with van der Waals surface area (Å²) in [4.78, 5) is 19.4. The summed E-state index contributed by atoms with van der Waals surface area (Å²) in [6.07, 6.45) is 1.13. The zero-order chi connectivity index (χ0) is 28.1. The van der Waals surface area contributed by atoms with E-state index in [0.717, 1.165) is 52.5 Å². The first-order valence-electron chi connectivity index (χ1n) is 13.3. The average Bonchev–Trinajstić information content (AvgIpc) is 3.26. The van der Waals surface area contributed by atoms with Crippen molar-refractivity contribution in [1.29, 1.82) is 0 Å². The number of hydrogen-bond donors (Lipinski definition) is 1. The summed E-state index contributed by atoms with van der Waals surface area (Å²) in [6, 6.07) is 8.12. The summed E-state index contributed by atoms with van der Waals surface area (Å²) in [5.74, 6) is -1.33. The second kappa shape index (κ2) is 10.2. The van der Waals surface area contributed by atoms with Crippen LogP contribution in [0.3, 0.4) is 0 Å². The van der Waals surface area contributed by atoms with Crippen molar-refractivity contribution in [2.75, 3.05) is 18.1 Å². The van der Waals surface area contributed by atoms with Crippen molar-refractivity contribution < 1.29 is 28.2 Å². The molecule has 1 atom stereocenters. The molecule has 0 saturated carbocycles. The number of benzene rings is 2. The highest BCUT2D eigenvalue weighted by Gasteiger charge is 2.36. The van der Waals surface area contributed by atoms with E-state index < -0.39 is 29.3 Å². The van der Waals surface area contributed by atoms with Crippen molar-refractivity contribution in [3.63, 3.8) is 0 Å². The number of carbonyl (C=O) groups is 1. The van der Waals surface area contributed by atoms with E-state index in [1.807, 2.05) is 44.7 Å². The van der Waals surface area contributed by atoms with Crippen molar-refractivity contribution in [2.24, 2.45) is 0 Å². The molecule has 3 aromatic rings. The largest absolute Gasteiger partial charge is 0.493 e. The monoisotopic (exact) mass is 536 g/mol. The third-order valence-corrected chi connectivity index (χ3v) is 7.44. The number of aryl methyl sites for hydroxylation is 1. The number of hydrogen-bond acceptors (Lipinski definition) is 5. The van der Waals surface area contributed by atoms with E-state index in [1.165, 1.54) is 6.07 Å². The molecule has 0 fully saturated rings. The van der Waals surface area contributed by atoms with Gasteiger partial charge in [0.15, 0.2) is 17.7 Å². The predicted molar refractivity (Wildman–Crippen MR) is 145 cm³/mol. The summed E-state index contributed by atoms with van der Waals surface area (Å²) >= 11 is 0. The molecule has 1 N–H and O–H groups in total. The standard InChI is InChI=1S/C31H34F2N2O4/c1-17-20-9-7-15-38-24(20)12-11-21(17)26-22-13-14-35(16-19-8-6-10-23(32)27(19)33)29(22)34-18(2)25(26)28(30(36)37)39-31(3,4)5/h6,8,10-12,28H,7,9,13-16H2,1-5H3,(H,36,37). The van der Waals surface area contributed by atoms with Gasteiger partial charge in [0.1, 0.15) is 11.6 Å². The molecule has 5 rings (SSSR count). The zero-order valence-corrected chi connectivity index (χ0v) is 23.0. The predicted octanol–water partition coefficient (Wildman–Crippen LogP) is 6.47. The second-order valence-corrected chi connectivity index (χ2v) is 11.3. The molecule has 1 aromatic heterocycles. The highest BCUT2D eigenvalue weighted by molar-refractivity contribution is 5.86. The molecule has 6 nitrogen and oxygen atoms in total. The number of nitrogens with zero attached hydrogens (tertiary/aromatic N) is 2. The number of ether oxygens (including phenoxy) is 2. The number of carboxylic acids is 1. The van der Waals surface area contributed by atoms with Gasteiger partial charge < -0.3 is 19.5 Å². The fourth-order valence-electron chi connectivity index (χ4n) is 5.72. The van der Waals surface area contributed by atoms with Crippen LogP contribution in [0.4, 0.5) is 14.6 Å². The maximum atomic E-state index is 14.6. The highest BCUT2D eigenvalue weighted by Crippen LogP contribution is 2.46. The van der Waals surface area contributed by atoms with Gasteiger partial charge in [-0.05, 0) is 88.3 Å². The van der Waals surface area contributed by atoms with E-state index in [4.69, 9.17) is 14.5 Å². The van der Waals surface area contributed by atoms with Crippen LogP contribution in [0, 0.1) is 25.5 Å². The molecular formula is C31H34F2N2O4. The molecule has 39 heavy (non-hydrogen) atoms. The molecule has 2 aliphatic heterocycles. The van der Waals surface area contributed by atoms with Crippen LogP contribution in [-0.2, 0) is 28.9 Å². The summed E-state index contributed by atoms with van der Waals surface area (Å²) in [6.45, 7) is 10.7. The third kappa shape index (κ3) is 5.10. The summed E-state index contributed by atoms with van der Waals surface area (Å²) < 4.78 is 40.5. The maximum absolute atomic E-state index is 14.6. The number of pyridine rings is 1. The van der Waals surface area contributed by atoms with Gasteiger partial charge in [0, 0.05) is 35.5 Å². The SMILES string of the molecule is Cc1nc2c(c(-c3ccc4c(c3C)CCCO4)c1C(OC(C)(C)C)C(=O)O)CCN2Cc1cccc(F)c1F. The van der Waals surface area contributed by atoms with Crippen LogP contribution in [-0.4, -0.2) is 34.8 Å². The van der Waals surface area contributed by atoms with Gasteiger partial charge in [0.05, 0.1) is 12.2 Å². The van der Waals surface area contributed by atoms with Gasteiger partial charge in [-0.25, -0.2) is 18.6 Å². The van der Waals surface area contributed by atoms with Gasteiger partial charge in [-0.15, -0.1) is 0 Å². The number of aliphatic carboxylic acids is 1. The number of aromatic nitrogens is 1. The molecule has 206 valence electrons. The van der Waals surface area contributed by atoms with Crippen molar-refractivity contribution in [1.82, 2.24) is 4.98 Å². The molecule has 0 bridgehead atoms. The lowest BCUT2D eigenvalue weighted by Crippen LogP contribution is -2.29. The Kier molecular flexibility index (Phi) is 7.10. The molecule has 0 amide bonds. The van der Waals surface area contributed by atoms with Gasteiger partial charge in [-0.3, -0.25) is 0 Å². The topological polar surface area (TPSA) is 71.9 Å². The zero-order valence-electron chi connectivity index (χ0n) is 23.0. The Morgan fingerprint density at radius 1 is 1.15 bits per heavy atom. The van der Waals surface area contributed by atoms with Crippen LogP contribution in [0.25, 0.3) is 11.1 Å². The summed E-state index contributed by atoms with van der Waals surface area (Å²) in [7, 11) is 0. The van der Waals surface area contributed by atoms with Gasteiger partial charge >= 0.3 is 5.97 Å². The molecule has 8 heteroatoms. The van der Waals surface area contributed by atoms with Crippen molar-refractivity contribution >= 4 is 11.8 Å². The minimum absolute atomic E-state index is 0.152. The van der Waals surface area contributed by atoms with Crippen LogP contribution in [0.2, 0.25) is 0 Å². The number of carboxylic acid groups (broad SMARTS) is 1. The van der Waals surface area contributed by atoms with Crippen LogP contribution in [0.15, 0.2) is 30.3 Å². The van der Waals surface area contributed by atoms with E-state index in [2.05, 4.69) is 0 Å². The molecular weight excluding hydrogens is 502 g/mol. The number of fused-ring (bicyclic) bond motifs is 2. The molecule has 2 aromatic carbocycles. The first-order valence-corrected chi connectivity index (χ1v) is 13.3. The molecule has 3 heterocycles. The molecule has 0 aliphatic carbocycles. The molecule has 0 spiro atoms.